The molecular formula is C19H16ClN5O. The number of aryl methyl sites for hydroxylation is 1. The van der Waals surface area contributed by atoms with Gasteiger partial charge < -0.3 is 5.73 Å². The Balaban J connectivity index is 1.94. The summed E-state index contributed by atoms with van der Waals surface area (Å²) in [5, 5.41) is 14.0. The molecule has 0 spiro atoms. The van der Waals surface area contributed by atoms with Crippen LogP contribution in [0, 0.1) is 25.2 Å². The van der Waals surface area contributed by atoms with Gasteiger partial charge in [0.25, 0.3) is 0 Å². The van der Waals surface area contributed by atoms with Crippen LogP contribution >= 0.6 is 11.6 Å². The molecule has 0 unspecified atom stereocenters. The van der Waals surface area contributed by atoms with Gasteiger partial charge in [0.15, 0.2) is 0 Å². The third-order valence-corrected chi connectivity index (χ3v) is 4.49. The number of benzene rings is 1. The van der Waals surface area contributed by atoms with Gasteiger partial charge in [0.2, 0.25) is 5.91 Å². The van der Waals surface area contributed by atoms with Crippen molar-refractivity contribution in [2.45, 2.75) is 20.4 Å². The van der Waals surface area contributed by atoms with Gasteiger partial charge in [-0.3, -0.25) is 14.5 Å². The summed E-state index contributed by atoms with van der Waals surface area (Å²) in [6.45, 7) is 4.36. The third kappa shape index (κ3) is 3.30. The molecule has 3 rings (SSSR count). The molecule has 2 N–H and O–H groups in total. The van der Waals surface area contributed by atoms with Crippen molar-refractivity contribution in [3.05, 3.63) is 69.8 Å². The van der Waals surface area contributed by atoms with Crippen LogP contribution in [0.1, 0.15) is 33.0 Å². The lowest BCUT2D eigenvalue weighted by molar-refractivity contribution is 0.1000. The molecule has 0 aliphatic carbocycles. The first-order valence-electron chi connectivity index (χ1n) is 7.89. The Morgan fingerprint density at radius 1 is 1.31 bits per heavy atom. The number of nitriles is 1. The molecular weight excluding hydrogens is 350 g/mol. The summed E-state index contributed by atoms with van der Waals surface area (Å²) >= 11 is 6.16. The van der Waals surface area contributed by atoms with Crippen molar-refractivity contribution >= 4 is 17.5 Å². The highest BCUT2D eigenvalue weighted by Gasteiger charge is 2.15. The van der Waals surface area contributed by atoms with Crippen molar-refractivity contribution in [3.63, 3.8) is 0 Å². The SMILES string of the molecule is Cc1nn(Cc2ccc(C(N)=O)cn2)c(C)c1-c1ccc(C#N)c(Cl)c1. The van der Waals surface area contributed by atoms with E-state index >= 15 is 0 Å². The van der Waals surface area contributed by atoms with Crippen molar-refractivity contribution in [3.8, 4) is 17.2 Å². The Kier molecular flexibility index (Phi) is 4.74. The summed E-state index contributed by atoms with van der Waals surface area (Å²) in [4.78, 5) is 15.4. The van der Waals surface area contributed by atoms with Crippen LogP contribution in [-0.4, -0.2) is 20.7 Å². The standard InChI is InChI=1S/C19H16ClN5O/c1-11-18(13-3-4-14(8-21)17(20)7-13)12(2)25(24-11)10-16-6-5-15(9-23-16)19(22)26/h3-7,9H,10H2,1-2H3,(H2,22,26). The lowest BCUT2D eigenvalue weighted by Crippen LogP contribution is -2.12. The molecule has 0 saturated carbocycles. The second kappa shape index (κ2) is 6.98. The molecule has 2 heterocycles. The van der Waals surface area contributed by atoms with E-state index in [-0.39, 0.29) is 0 Å². The van der Waals surface area contributed by atoms with Crippen molar-refractivity contribution in [1.82, 2.24) is 14.8 Å². The number of pyridine rings is 1. The lowest BCUT2D eigenvalue weighted by Gasteiger charge is -2.07. The minimum absolute atomic E-state index is 0.370. The number of amides is 1. The Morgan fingerprint density at radius 3 is 2.65 bits per heavy atom. The predicted molar refractivity (Wildman–Crippen MR) is 98.7 cm³/mol. The van der Waals surface area contributed by atoms with Gasteiger partial charge in [0.1, 0.15) is 6.07 Å². The van der Waals surface area contributed by atoms with Crippen LogP contribution in [0.4, 0.5) is 0 Å². The largest absolute Gasteiger partial charge is 0.366 e. The monoisotopic (exact) mass is 365 g/mol. The first-order valence-corrected chi connectivity index (χ1v) is 8.27. The lowest BCUT2D eigenvalue weighted by atomic mass is 10.0. The van der Waals surface area contributed by atoms with Crippen LogP contribution in [0.15, 0.2) is 36.5 Å². The number of carbonyl (C=O) groups is 1. The van der Waals surface area contributed by atoms with E-state index in [0.717, 1.165) is 28.2 Å². The summed E-state index contributed by atoms with van der Waals surface area (Å²) in [6.07, 6.45) is 1.46. The van der Waals surface area contributed by atoms with Crippen LogP contribution in [-0.2, 0) is 6.54 Å². The zero-order valence-electron chi connectivity index (χ0n) is 14.3. The van der Waals surface area contributed by atoms with Gasteiger partial charge >= 0.3 is 0 Å². The summed E-state index contributed by atoms with van der Waals surface area (Å²) in [5.74, 6) is -0.504. The second-order valence-electron chi connectivity index (χ2n) is 5.91. The van der Waals surface area contributed by atoms with Crippen LogP contribution < -0.4 is 5.73 Å². The van der Waals surface area contributed by atoms with E-state index in [4.69, 9.17) is 22.6 Å². The molecule has 26 heavy (non-hydrogen) atoms. The number of carbonyl (C=O) groups excluding carboxylic acids is 1. The molecule has 0 atom stereocenters. The highest BCUT2D eigenvalue weighted by Crippen LogP contribution is 2.30. The molecule has 1 amide bonds. The van der Waals surface area contributed by atoms with Crippen molar-refractivity contribution < 1.29 is 4.79 Å². The molecule has 0 radical (unpaired) electrons. The molecule has 2 aromatic heterocycles. The number of primary amides is 1. The quantitative estimate of drug-likeness (QED) is 0.767. The summed E-state index contributed by atoms with van der Waals surface area (Å²) in [6, 6.07) is 10.8. The fraction of sp³-hybridized carbons (Fsp3) is 0.158. The number of hydrogen-bond acceptors (Lipinski definition) is 4. The average molecular weight is 366 g/mol. The number of aromatic nitrogens is 3. The molecule has 1 aromatic carbocycles. The zero-order valence-corrected chi connectivity index (χ0v) is 15.1. The topological polar surface area (TPSA) is 97.6 Å². The van der Waals surface area contributed by atoms with E-state index < -0.39 is 5.91 Å². The Bertz CT molecular complexity index is 1030. The highest BCUT2D eigenvalue weighted by molar-refractivity contribution is 6.32. The first-order chi connectivity index (χ1) is 12.4. The molecule has 0 aliphatic heterocycles. The van der Waals surface area contributed by atoms with Gasteiger partial charge in [-0.1, -0.05) is 17.7 Å². The van der Waals surface area contributed by atoms with Crippen LogP contribution in [0.2, 0.25) is 5.02 Å². The van der Waals surface area contributed by atoms with Crippen molar-refractivity contribution in [2.75, 3.05) is 0 Å². The zero-order chi connectivity index (χ0) is 18.8. The van der Waals surface area contributed by atoms with E-state index in [1.165, 1.54) is 6.20 Å². The molecule has 0 aliphatic rings. The van der Waals surface area contributed by atoms with E-state index in [9.17, 15) is 4.79 Å². The van der Waals surface area contributed by atoms with E-state index in [1.54, 1.807) is 24.3 Å². The maximum absolute atomic E-state index is 11.1. The molecule has 130 valence electrons. The predicted octanol–water partition coefficient (Wildman–Crippen LogP) is 3.23. The summed E-state index contributed by atoms with van der Waals surface area (Å²) in [5.41, 5.74) is 10.5. The van der Waals surface area contributed by atoms with Gasteiger partial charge in [-0.2, -0.15) is 10.4 Å². The number of hydrogen-bond donors (Lipinski definition) is 1. The van der Waals surface area contributed by atoms with Crippen molar-refractivity contribution in [2.24, 2.45) is 5.73 Å². The summed E-state index contributed by atoms with van der Waals surface area (Å²) < 4.78 is 1.85. The van der Waals surface area contributed by atoms with Gasteiger partial charge in [-0.05, 0) is 43.7 Å². The van der Waals surface area contributed by atoms with E-state index in [2.05, 4.69) is 16.2 Å². The normalized spacial score (nSPS) is 10.5. The van der Waals surface area contributed by atoms with Crippen LogP contribution in [0.3, 0.4) is 0 Å². The fourth-order valence-corrected chi connectivity index (χ4v) is 3.07. The second-order valence-corrected chi connectivity index (χ2v) is 6.32. The Hall–Kier alpha value is -3.17. The minimum Gasteiger partial charge on any atom is -0.366 e. The maximum atomic E-state index is 11.1. The molecule has 6 nitrogen and oxygen atoms in total. The first kappa shape index (κ1) is 17.6. The van der Waals surface area contributed by atoms with Gasteiger partial charge in [0.05, 0.1) is 34.1 Å². The molecule has 3 aromatic rings. The summed E-state index contributed by atoms with van der Waals surface area (Å²) in [7, 11) is 0. The number of rotatable bonds is 4. The van der Waals surface area contributed by atoms with Crippen LogP contribution in [0.5, 0.6) is 0 Å². The highest BCUT2D eigenvalue weighted by atomic mass is 35.5. The third-order valence-electron chi connectivity index (χ3n) is 4.18. The van der Waals surface area contributed by atoms with E-state index in [1.807, 2.05) is 24.6 Å². The number of halogens is 1. The number of nitrogens with zero attached hydrogens (tertiary/aromatic N) is 4. The smallest absolute Gasteiger partial charge is 0.250 e. The maximum Gasteiger partial charge on any atom is 0.250 e. The molecule has 0 bridgehead atoms. The molecule has 0 fully saturated rings. The van der Waals surface area contributed by atoms with Gasteiger partial charge in [0, 0.05) is 17.5 Å². The minimum atomic E-state index is -0.504. The van der Waals surface area contributed by atoms with Gasteiger partial charge in [-0.25, -0.2) is 0 Å². The van der Waals surface area contributed by atoms with E-state index in [0.29, 0.717) is 22.7 Å². The Labute approximate surface area is 155 Å². The van der Waals surface area contributed by atoms with Crippen LogP contribution in [0.25, 0.3) is 11.1 Å². The van der Waals surface area contributed by atoms with Gasteiger partial charge in [-0.15, -0.1) is 0 Å². The average Bonchev–Trinajstić information content (AvgIpc) is 2.89. The molecule has 0 saturated heterocycles. The number of nitrogens with two attached hydrogens (primary N) is 1. The Morgan fingerprint density at radius 2 is 2.08 bits per heavy atom. The fourth-order valence-electron chi connectivity index (χ4n) is 2.85. The molecule has 7 heteroatoms. The van der Waals surface area contributed by atoms with Crippen molar-refractivity contribution in [1.29, 1.82) is 5.26 Å².